The van der Waals surface area contributed by atoms with Gasteiger partial charge < -0.3 is 14.4 Å². The number of morpholine rings is 1. The molecule has 10 heteroatoms. The molecule has 0 bridgehead atoms. The number of ether oxygens (including phenoxy) is 2. The number of aromatic nitrogens is 2. The van der Waals surface area contributed by atoms with Crippen LogP contribution >= 0.6 is 0 Å². The number of nitro benzene ring substituents is 1. The highest BCUT2D eigenvalue weighted by molar-refractivity contribution is 5.97. The first kappa shape index (κ1) is 24.8. The highest BCUT2D eigenvalue weighted by Gasteiger charge is 2.23. The monoisotopic (exact) mass is 512 g/mol. The highest BCUT2D eigenvalue weighted by atomic mass is 16.6. The first-order chi connectivity index (χ1) is 18.4. The van der Waals surface area contributed by atoms with Crippen molar-refractivity contribution in [2.75, 3.05) is 38.3 Å². The van der Waals surface area contributed by atoms with E-state index in [2.05, 4.69) is 11.7 Å². The molecule has 5 rings (SSSR count). The fourth-order valence-electron chi connectivity index (χ4n) is 4.56. The summed E-state index contributed by atoms with van der Waals surface area (Å²) in [5.74, 6) is -0.540. The van der Waals surface area contributed by atoms with Crippen molar-refractivity contribution in [1.29, 1.82) is 0 Å². The van der Waals surface area contributed by atoms with Crippen LogP contribution < -0.4 is 10.5 Å². The van der Waals surface area contributed by atoms with E-state index in [1.807, 2.05) is 4.90 Å². The standard InChI is InChI=1S/C28H24N4O6/c1-3-18-14-19(16-20(15-18)28(34)37-2)26-22-6-4-5-7-23(22)27(33)31(29-26)25-17-21(8-9-24(25)32(35)36)30-10-12-38-13-11-30/h3-9,14-17H,1,10-13H2,2H3. The van der Waals surface area contributed by atoms with Crippen molar-refractivity contribution in [1.82, 2.24) is 9.78 Å². The molecule has 0 N–H and O–H groups in total. The van der Waals surface area contributed by atoms with Gasteiger partial charge in [0.2, 0.25) is 0 Å². The number of fused-ring (bicyclic) bond motifs is 1. The van der Waals surface area contributed by atoms with Gasteiger partial charge in [-0.3, -0.25) is 14.9 Å². The summed E-state index contributed by atoms with van der Waals surface area (Å²) in [5.41, 5.74) is 1.84. The number of nitro groups is 1. The molecule has 1 aliphatic rings. The first-order valence-electron chi connectivity index (χ1n) is 11.9. The summed E-state index contributed by atoms with van der Waals surface area (Å²) in [7, 11) is 1.29. The van der Waals surface area contributed by atoms with Crippen LogP contribution in [-0.4, -0.2) is 54.1 Å². The third-order valence-corrected chi connectivity index (χ3v) is 6.45. The van der Waals surface area contributed by atoms with Gasteiger partial charge in [0.1, 0.15) is 5.69 Å². The van der Waals surface area contributed by atoms with E-state index < -0.39 is 16.5 Å². The van der Waals surface area contributed by atoms with Gasteiger partial charge in [-0.25, -0.2) is 4.79 Å². The van der Waals surface area contributed by atoms with Crippen molar-refractivity contribution in [3.05, 3.63) is 98.8 Å². The van der Waals surface area contributed by atoms with Crippen molar-refractivity contribution in [2.45, 2.75) is 0 Å². The lowest BCUT2D eigenvalue weighted by Crippen LogP contribution is -2.36. The lowest BCUT2D eigenvalue weighted by atomic mass is 10.00. The van der Waals surface area contributed by atoms with Crippen molar-refractivity contribution < 1.29 is 19.2 Å². The number of carbonyl (C=O) groups is 1. The Labute approximate surface area is 217 Å². The minimum atomic E-state index is -0.540. The van der Waals surface area contributed by atoms with Crippen molar-refractivity contribution in [3.8, 4) is 16.9 Å². The quantitative estimate of drug-likeness (QED) is 0.214. The molecule has 0 atom stereocenters. The van der Waals surface area contributed by atoms with Crippen LogP contribution in [0.3, 0.4) is 0 Å². The summed E-state index contributed by atoms with van der Waals surface area (Å²) in [6.07, 6.45) is 1.59. The number of rotatable bonds is 6. The fraction of sp³-hybridized carbons (Fsp3) is 0.179. The van der Waals surface area contributed by atoms with E-state index in [0.717, 1.165) is 10.4 Å². The van der Waals surface area contributed by atoms with Gasteiger partial charge in [-0.05, 0) is 42.0 Å². The lowest BCUT2D eigenvalue weighted by Gasteiger charge is -2.29. The molecule has 1 saturated heterocycles. The van der Waals surface area contributed by atoms with Gasteiger partial charge in [-0.15, -0.1) is 0 Å². The Hall–Kier alpha value is -4.83. The molecule has 1 aliphatic heterocycles. The predicted octanol–water partition coefficient (Wildman–Crippen LogP) is 4.23. The zero-order valence-electron chi connectivity index (χ0n) is 20.6. The molecule has 0 unspecified atom stereocenters. The number of hydrogen-bond donors (Lipinski definition) is 0. The van der Waals surface area contributed by atoms with E-state index in [1.54, 1.807) is 60.7 Å². The van der Waals surface area contributed by atoms with Crippen molar-refractivity contribution in [2.24, 2.45) is 0 Å². The molecule has 192 valence electrons. The SMILES string of the molecule is C=Cc1cc(C(=O)OC)cc(-c2nn(-c3cc(N4CCOCC4)ccc3[N+](=O)[O-])c(=O)c3ccccc23)c1. The van der Waals surface area contributed by atoms with Gasteiger partial charge in [0, 0.05) is 35.8 Å². The van der Waals surface area contributed by atoms with E-state index in [9.17, 15) is 19.7 Å². The molecule has 0 saturated carbocycles. The second kappa shape index (κ2) is 10.3. The molecule has 0 amide bonds. The summed E-state index contributed by atoms with van der Waals surface area (Å²) < 4.78 is 11.4. The van der Waals surface area contributed by atoms with Gasteiger partial charge in [0.25, 0.3) is 11.2 Å². The Balaban J connectivity index is 1.80. The second-order valence-corrected chi connectivity index (χ2v) is 8.68. The van der Waals surface area contributed by atoms with Crippen LogP contribution in [0.1, 0.15) is 15.9 Å². The van der Waals surface area contributed by atoms with Gasteiger partial charge in [0.15, 0.2) is 0 Å². The lowest BCUT2D eigenvalue weighted by molar-refractivity contribution is -0.384. The van der Waals surface area contributed by atoms with E-state index >= 15 is 0 Å². The maximum absolute atomic E-state index is 13.7. The second-order valence-electron chi connectivity index (χ2n) is 8.68. The zero-order valence-corrected chi connectivity index (χ0v) is 20.6. The van der Waals surface area contributed by atoms with Crippen LogP contribution in [0.25, 0.3) is 33.8 Å². The van der Waals surface area contributed by atoms with Crippen LogP contribution in [0.2, 0.25) is 0 Å². The largest absolute Gasteiger partial charge is 0.465 e. The fourth-order valence-corrected chi connectivity index (χ4v) is 4.56. The molecule has 0 spiro atoms. The molecule has 4 aromatic rings. The van der Waals surface area contributed by atoms with Crippen LogP contribution in [0.4, 0.5) is 11.4 Å². The maximum atomic E-state index is 13.7. The van der Waals surface area contributed by atoms with Crippen LogP contribution in [0, 0.1) is 10.1 Å². The Kier molecular flexibility index (Phi) is 6.71. The van der Waals surface area contributed by atoms with Gasteiger partial charge in [-0.2, -0.15) is 9.78 Å². The molecule has 1 aromatic heterocycles. The highest BCUT2D eigenvalue weighted by Crippen LogP contribution is 2.31. The normalized spacial score (nSPS) is 13.3. The maximum Gasteiger partial charge on any atom is 0.337 e. The van der Waals surface area contributed by atoms with E-state index in [1.165, 1.54) is 13.2 Å². The summed E-state index contributed by atoms with van der Waals surface area (Å²) in [4.78, 5) is 39.6. The average Bonchev–Trinajstić information content (AvgIpc) is 2.96. The predicted molar refractivity (Wildman–Crippen MR) is 144 cm³/mol. The average molecular weight is 513 g/mol. The number of methoxy groups -OCH3 is 1. The first-order valence-corrected chi connectivity index (χ1v) is 11.9. The summed E-state index contributed by atoms with van der Waals surface area (Å²) in [6.45, 7) is 6.11. The summed E-state index contributed by atoms with van der Waals surface area (Å²) in [6, 6.07) is 16.6. The van der Waals surface area contributed by atoms with Crippen molar-refractivity contribution in [3.63, 3.8) is 0 Å². The Morgan fingerprint density at radius 2 is 1.84 bits per heavy atom. The number of anilines is 1. The van der Waals surface area contributed by atoms with Crippen LogP contribution in [-0.2, 0) is 9.47 Å². The van der Waals surface area contributed by atoms with Crippen molar-refractivity contribution >= 4 is 34.2 Å². The third-order valence-electron chi connectivity index (χ3n) is 6.45. The minimum absolute atomic E-state index is 0.0454. The molecule has 0 radical (unpaired) electrons. The Morgan fingerprint density at radius 1 is 1.11 bits per heavy atom. The number of benzene rings is 3. The van der Waals surface area contributed by atoms with E-state index in [0.29, 0.717) is 53.9 Å². The molecule has 10 nitrogen and oxygen atoms in total. The van der Waals surface area contributed by atoms with Gasteiger partial charge in [0.05, 0.1) is 41.9 Å². The Bertz CT molecular complexity index is 1640. The van der Waals surface area contributed by atoms with Crippen LogP contribution in [0.5, 0.6) is 0 Å². The van der Waals surface area contributed by atoms with Gasteiger partial charge in [-0.1, -0.05) is 30.9 Å². The molecule has 0 aliphatic carbocycles. The van der Waals surface area contributed by atoms with E-state index in [4.69, 9.17) is 9.47 Å². The summed E-state index contributed by atoms with van der Waals surface area (Å²) >= 11 is 0. The number of carbonyl (C=O) groups excluding carboxylic acids is 1. The van der Waals surface area contributed by atoms with Crippen LogP contribution in [0.15, 0.2) is 72.0 Å². The molecule has 1 fully saturated rings. The summed E-state index contributed by atoms with van der Waals surface area (Å²) in [5, 5.41) is 17.5. The van der Waals surface area contributed by atoms with E-state index in [-0.39, 0.29) is 16.9 Å². The smallest absolute Gasteiger partial charge is 0.337 e. The third kappa shape index (κ3) is 4.53. The van der Waals surface area contributed by atoms with Gasteiger partial charge >= 0.3 is 5.97 Å². The number of hydrogen-bond acceptors (Lipinski definition) is 8. The molecule has 38 heavy (non-hydrogen) atoms. The zero-order chi connectivity index (χ0) is 26.8. The molecular weight excluding hydrogens is 488 g/mol. The molecular formula is C28H24N4O6. The minimum Gasteiger partial charge on any atom is -0.465 e. The topological polar surface area (TPSA) is 117 Å². The Morgan fingerprint density at radius 3 is 2.53 bits per heavy atom. The number of nitrogens with zero attached hydrogens (tertiary/aromatic N) is 4. The molecule has 2 heterocycles. The number of esters is 1. The molecule has 3 aromatic carbocycles.